The van der Waals surface area contributed by atoms with Crippen molar-refractivity contribution in [1.82, 2.24) is 5.32 Å². The number of hydrogen-bond acceptors (Lipinski definition) is 3. The molecule has 98 valence electrons. The van der Waals surface area contributed by atoms with E-state index in [-0.39, 0.29) is 6.10 Å². The summed E-state index contributed by atoms with van der Waals surface area (Å²) < 4.78 is 11.2. The van der Waals surface area contributed by atoms with E-state index in [2.05, 4.69) is 24.2 Å². The second-order valence-electron chi connectivity index (χ2n) is 4.10. The fourth-order valence-corrected chi connectivity index (χ4v) is 1.64. The van der Waals surface area contributed by atoms with Gasteiger partial charge in [-0.1, -0.05) is 18.9 Å². The monoisotopic (exact) mass is 247 g/mol. The van der Waals surface area contributed by atoms with Crippen LogP contribution in [-0.2, 0) is 6.42 Å². The quantitative estimate of drug-likeness (QED) is 0.592. The normalized spacial score (nSPS) is 11.7. The molecule has 1 N–H and O–H groups in total. The highest BCUT2D eigenvalue weighted by molar-refractivity contribution is 5.43. The molecule has 1 unspecified atom stereocenters. The molecule has 0 aliphatic heterocycles. The molecule has 1 rings (SSSR count). The minimum Gasteiger partial charge on any atom is -0.493 e. The van der Waals surface area contributed by atoms with Gasteiger partial charge in [-0.25, -0.2) is 0 Å². The van der Waals surface area contributed by atoms with Gasteiger partial charge in [-0.05, 0) is 31.0 Å². The molecule has 0 fully saturated rings. The van der Waals surface area contributed by atoms with Crippen LogP contribution in [-0.4, -0.2) is 26.3 Å². The highest BCUT2D eigenvalue weighted by atomic mass is 16.5. The van der Waals surface area contributed by atoms with E-state index in [0.717, 1.165) is 17.9 Å². The summed E-state index contributed by atoms with van der Waals surface area (Å²) in [6, 6.07) is 6.02. The Hall–Kier alpha value is -1.66. The second-order valence-corrected chi connectivity index (χ2v) is 4.10. The fourth-order valence-electron chi connectivity index (χ4n) is 1.64. The molecule has 0 aliphatic carbocycles. The number of benzene rings is 1. The zero-order valence-corrected chi connectivity index (χ0v) is 11.3. The first-order valence-corrected chi connectivity index (χ1v) is 6.19. The molecule has 0 heterocycles. The molecule has 0 aromatic heterocycles. The molecule has 0 amide bonds. The lowest BCUT2D eigenvalue weighted by Gasteiger charge is -2.17. The van der Waals surface area contributed by atoms with Crippen LogP contribution in [0.15, 0.2) is 18.2 Å². The van der Waals surface area contributed by atoms with Gasteiger partial charge in [-0.15, -0.1) is 6.42 Å². The van der Waals surface area contributed by atoms with Crippen molar-refractivity contribution in [1.29, 1.82) is 0 Å². The Bertz CT molecular complexity index is 409. The molecule has 0 saturated carbocycles. The molecule has 0 aliphatic rings. The summed E-state index contributed by atoms with van der Waals surface area (Å²) in [6.07, 6.45) is 6.20. The first-order chi connectivity index (χ1) is 8.71. The van der Waals surface area contributed by atoms with Crippen LogP contribution in [0.2, 0.25) is 0 Å². The van der Waals surface area contributed by atoms with Gasteiger partial charge < -0.3 is 14.8 Å². The Balaban J connectivity index is 2.63. The van der Waals surface area contributed by atoms with Crippen LogP contribution >= 0.6 is 0 Å². The summed E-state index contributed by atoms with van der Waals surface area (Å²) in [5.41, 5.74) is 1.23. The Morgan fingerprint density at radius 2 is 2.17 bits per heavy atom. The Morgan fingerprint density at radius 3 is 2.78 bits per heavy atom. The van der Waals surface area contributed by atoms with Gasteiger partial charge >= 0.3 is 0 Å². The lowest BCUT2D eigenvalue weighted by atomic mass is 10.1. The van der Waals surface area contributed by atoms with Crippen molar-refractivity contribution < 1.29 is 9.47 Å². The standard InChI is InChI=1S/C15H21NO2/c1-5-9-16-11-12(3)18-14-8-7-13(6-2)10-15(14)17-4/h1,7-8,10,12,16H,6,9,11H2,2-4H3. The summed E-state index contributed by atoms with van der Waals surface area (Å²) in [5, 5.41) is 3.11. The summed E-state index contributed by atoms with van der Waals surface area (Å²) in [5.74, 6) is 4.08. The maximum absolute atomic E-state index is 5.83. The first-order valence-electron chi connectivity index (χ1n) is 6.19. The average Bonchev–Trinajstić information content (AvgIpc) is 2.39. The maximum Gasteiger partial charge on any atom is 0.161 e. The SMILES string of the molecule is C#CCNCC(C)Oc1ccc(CC)cc1OC. The predicted octanol–water partition coefficient (Wildman–Crippen LogP) is 2.25. The van der Waals surface area contributed by atoms with Crippen molar-refractivity contribution in [3.8, 4) is 23.8 Å². The van der Waals surface area contributed by atoms with Crippen LogP contribution in [0.1, 0.15) is 19.4 Å². The smallest absolute Gasteiger partial charge is 0.161 e. The van der Waals surface area contributed by atoms with Gasteiger partial charge in [0.15, 0.2) is 11.5 Å². The summed E-state index contributed by atoms with van der Waals surface area (Å²) in [4.78, 5) is 0. The lowest BCUT2D eigenvalue weighted by Crippen LogP contribution is -2.29. The number of hydrogen-bond donors (Lipinski definition) is 1. The molecule has 3 heteroatoms. The third-order valence-electron chi connectivity index (χ3n) is 2.62. The summed E-state index contributed by atoms with van der Waals surface area (Å²) in [6.45, 7) is 5.38. The largest absolute Gasteiger partial charge is 0.493 e. The van der Waals surface area contributed by atoms with Crippen molar-refractivity contribution >= 4 is 0 Å². The zero-order valence-electron chi connectivity index (χ0n) is 11.3. The van der Waals surface area contributed by atoms with Gasteiger partial charge in [0.05, 0.1) is 13.7 Å². The molecule has 1 atom stereocenters. The van der Waals surface area contributed by atoms with E-state index in [1.54, 1.807) is 7.11 Å². The lowest BCUT2D eigenvalue weighted by molar-refractivity contribution is 0.209. The molecular weight excluding hydrogens is 226 g/mol. The van der Waals surface area contributed by atoms with Crippen LogP contribution in [0.4, 0.5) is 0 Å². The molecule has 0 spiro atoms. The minimum absolute atomic E-state index is 0.0414. The fraction of sp³-hybridized carbons (Fsp3) is 0.467. The van der Waals surface area contributed by atoms with Crippen LogP contribution in [0, 0.1) is 12.3 Å². The third-order valence-corrected chi connectivity index (χ3v) is 2.62. The second kappa shape index (κ2) is 7.62. The molecule has 3 nitrogen and oxygen atoms in total. The third kappa shape index (κ3) is 4.31. The highest BCUT2D eigenvalue weighted by Gasteiger charge is 2.09. The maximum atomic E-state index is 5.83. The van der Waals surface area contributed by atoms with E-state index in [0.29, 0.717) is 13.1 Å². The van der Waals surface area contributed by atoms with E-state index in [1.807, 2.05) is 19.1 Å². The number of terminal acetylenes is 1. The van der Waals surface area contributed by atoms with Crippen LogP contribution in [0.5, 0.6) is 11.5 Å². The number of ether oxygens (including phenoxy) is 2. The van der Waals surface area contributed by atoms with E-state index < -0.39 is 0 Å². The van der Waals surface area contributed by atoms with Gasteiger partial charge in [0.1, 0.15) is 6.10 Å². The van der Waals surface area contributed by atoms with Crippen molar-refractivity contribution in [2.24, 2.45) is 0 Å². The van der Waals surface area contributed by atoms with Gasteiger partial charge in [-0.2, -0.15) is 0 Å². The highest BCUT2D eigenvalue weighted by Crippen LogP contribution is 2.29. The number of methoxy groups -OCH3 is 1. The van der Waals surface area contributed by atoms with Crippen molar-refractivity contribution in [3.63, 3.8) is 0 Å². The molecule has 1 aromatic carbocycles. The van der Waals surface area contributed by atoms with Gasteiger partial charge in [0.25, 0.3) is 0 Å². The van der Waals surface area contributed by atoms with Gasteiger partial charge in [0.2, 0.25) is 0 Å². The molecule has 1 aromatic rings. The van der Waals surface area contributed by atoms with Crippen LogP contribution < -0.4 is 14.8 Å². The van der Waals surface area contributed by atoms with E-state index in [1.165, 1.54) is 5.56 Å². The van der Waals surface area contributed by atoms with Crippen LogP contribution in [0.3, 0.4) is 0 Å². The van der Waals surface area contributed by atoms with E-state index in [4.69, 9.17) is 15.9 Å². The molecule has 18 heavy (non-hydrogen) atoms. The zero-order chi connectivity index (χ0) is 13.4. The van der Waals surface area contributed by atoms with Crippen molar-refractivity contribution in [3.05, 3.63) is 23.8 Å². The van der Waals surface area contributed by atoms with Gasteiger partial charge in [0, 0.05) is 6.54 Å². The Kier molecular flexibility index (Phi) is 6.10. The molecule has 0 radical (unpaired) electrons. The molecular formula is C15H21NO2. The molecule has 0 saturated heterocycles. The average molecular weight is 247 g/mol. The summed E-state index contributed by atoms with van der Waals surface area (Å²) in [7, 11) is 1.66. The van der Waals surface area contributed by atoms with Crippen molar-refractivity contribution in [2.75, 3.05) is 20.2 Å². The van der Waals surface area contributed by atoms with E-state index in [9.17, 15) is 0 Å². The van der Waals surface area contributed by atoms with E-state index >= 15 is 0 Å². The first kappa shape index (κ1) is 14.4. The van der Waals surface area contributed by atoms with Crippen LogP contribution in [0.25, 0.3) is 0 Å². The summed E-state index contributed by atoms with van der Waals surface area (Å²) >= 11 is 0. The number of nitrogens with one attached hydrogen (secondary N) is 1. The topological polar surface area (TPSA) is 30.5 Å². The van der Waals surface area contributed by atoms with Crippen molar-refractivity contribution in [2.45, 2.75) is 26.4 Å². The van der Waals surface area contributed by atoms with Gasteiger partial charge in [-0.3, -0.25) is 0 Å². The Morgan fingerprint density at radius 1 is 1.39 bits per heavy atom. The predicted molar refractivity (Wildman–Crippen MR) is 74.2 cm³/mol. The number of aryl methyl sites for hydroxylation is 1. The number of rotatable bonds is 7. The molecule has 0 bridgehead atoms. The minimum atomic E-state index is 0.0414. The Labute approximate surface area is 109 Å².